The molecule has 1 aliphatic heterocycles. The first-order valence-corrected chi connectivity index (χ1v) is 6.98. The Balaban J connectivity index is 2.15. The third-order valence-electron chi connectivity index (χ3n) is 3.39. The average Bonchev–Trinajstić information content (AvgIpc) is 2.37. The van der Waals surface area contributed by atoms with Gasteiger partial charge >= 0.3 is 0 Å². The van der Waals surface area contributed by atoms with E-state index in [4.69, 9.17) is 23.2 Å². The molecule has 0 spiro atoms. The van der Waals surface area contributed by atoms with Crippen LogP contribution in [0.15, 0.2) is 12.1 Å². The van der Waals surface area contributed by atoms with Gasteiger partial charge in [-0.1, -0.05) is 36.5 Å². The van der Waals surface area contributed by atoms with Gasteiger partial charge in [-0.2, -0.15) is 0 Å². The number of nitrogens with zero attached hydrogens (tertiary/aromatic N) is 2. The maximum Gasteiger partial charge on any atom is 0.254 e. The lowest BCUT2D eigenvalue weighted by Gasteiger charge is -2.32. The van der Waals surface area contributed by atoms with Gasteiger partial charge in [0.1, 0.15) is 10.3 Å². The molecule has 0 bridgehead atoms. The summed E-state index contributed by atoms with van der Waals surface area (Å²) in [6, 6.07) is 3.15. The Hall–Kier alpha value is -0.800. The second kappa shape index (κ2) is 5.89. The van der Waals surface area contributed by atoms with Gasteiger partial charge in [-0.15, -0.1) is 0 Å². The molecule has 1 atom stereocenters. The molecule has 1 unspecified atom stereocenters. The molecule has 0 aliphatic carbocycles. The van der Waals surface area contributed by atoms with Crippen LogP contribution in [0, 0.1) is 5.92 Å². The van der Waals surface area contributed by atoms with Gasteiger partial charge in [0.05, 0.1) is 0 Å². The molecule has 0 N–H and O–H groups in total. The zero-order chi connectivity index (χ0) is 13.1. The minimum absolute atomic E-state index is 0.000602. The number of aromatic nitrogens is 1. The third-order valence-corrected chi connectivity index (χ3v) is 3.78. The summed E-state index contributed by atoms with van der Waals surface area (Å²) in [6.45, 7) is 3.80. The summed E-state index contributed by atoms with van der Waals surface area (Å²) in [4.78, 5) is 18.1. The number of hydrogen-bond acceptors (Lipinski definition) is 2. The lowest BCUT2D eigenvalue weighted by Crippen LogP contribution is -2.39. The maximum absolute atomic E-state index is 12.3. The molecule has 1 aromatic rings. The van der Waals surface area contributed by atoms with Crippen molar-refractivity contribution < 1.29 is 4.79 Å². The van der Waals surface area contributed by atoms with Crippen LogP contribution >= 0.6 is 23.2 Å². The third kappa shape index (κ3) is 3.15. The standard InChI is InChI=1S/C13H16Cl2N2O/c1-2-9-4-3-5-17(8-9)13(18)10-6-11(14)16-12(15)7-10/h6-7,9H,2-5,8H2,1H3. The Morgan fingerprint density at radius 2 is 2.11 bits per heavy atom. The van der Waals surface area contributed by atoms with Gasteiger partial charge in [0.25, 0.3) is 5.91 Å². The number of amides is 1. The first kappa shape index (κ1) is 13.6. The monoisotopic (exact) mass is 286 g/mol. The van der Waals surface area contributed by atoms with Gasteiger partial charge in [0.15, 0.2) is 0 Å². The van der Waals surface area contributed by atoms with Crippen LogP contribution < -0.4 is 0 Å². The molecule has 1 fully saturated rings. The van der Waals surface area contributed by atoms with Crippen LogP contribution in [-0.2, 0) is 0 Å². The zero-order valence-electron chi connectivity index (χ0n) is 10.3. The van der Waals surface area contributed by atoms with Crippen molar-refractivity contribution in [1.82, 2.24) is 9.88 Å². The molecular formula is C13H16Cl2N2O. The maximum atomic E-state index is 12.3. The number of hydrogen-bond donors (Lipinski definition) is 0. The van der Waals surface area contributed by atoms with Gasteiger partial charge in [-0.25, -0.2) is 4.98 Å². The average molecular weight is 287 g/mol. The summed E-state index contributed by atoms with van der Waals surface area (Å²) in [6.07, 6.45) is 3.39. The predicted octanol–water partition coefficient (Wildman–Crippen LogP) is 3.65. The van der Waals surface area contributed by atoms with Crippen molar-refractivity contribution in [2.24, 2.45) is 5.92 Å². The normalized spacial score (nSPS) is 19.9. The van der Waals surface area contributed by atoms with Crippen molar-refractivity contribution in [2.75, 3.05) is 13.1 Å². The van der Waals surface area contributed by atoms with Crippen molar-refractivity contribution in [3.63, 3.8) is 0 Å². The van der Waals surface area contributed by atoms with E-state index in [2.05, 4.69) is 11.9 Å². The van der Waals surface area contributed by atoms with E-state index in [1.54, 1.807) is 12.1 Å². The molecule has 0 radical (unpaired) electrons. The summed E-state index contributed by atoms with van der Waals surface area (Å²) >= 11 is 11.6. The van der Waals surface area contributed by atoms with Crippen molar-refractivity contribution in [2.45, 2.75) is 26.2 Å². The zero-order valence-corrected chi connectivity index (χ0v) is 11.8. The number of piperidine rings is 1. The Bertz CT molecular complexity index is 430. The first-order valence-electron chi connectivity index (χ1n) is 6.22. The van der Waals surface area contributed by atoms with Gasteiger partial charge in [-0.3, -0.25) is 4.79 Å². The van der Waals surface area contributed by atoms with Crippen molar-refractivity contribution >= 4 is 29.1 Å². The van der Waals surface area contributed by atoms with Crippen LogP contribution in [-0.4, -0.2) is 28.9 Å². The first-order chi connectivity index (χ1) is 8.60. The van der Waals surface area contributed by atoms with Crippen molar-refractivity contribution in [3.05, 3.63) is 28.0 Å². The van der Waals surface area contributed by atoms with Gasteiger partial charge in [-0.05, 0) is 30.9 Å². The van der Waals surface area contributed by atoms with Gasteiger partial charge in [0, 0.05) is 18.7 Å². The predicted molar refractivity (Wildman–Crippen MR) is 73.2 cm³/mol. The van der Waals surface area contributed by atoms with Crippen LogP contribution in [0.4, 0.5) is 0 Å². The number of carbonyl (C=O) groups is 1. The highest BCUT2D eigenvalue weighted by Gasteiger charge is 2.23. The number of carbonyl (C=O) groups excluding carboxylic acids is 1. The Kier molecular flexibility index (Phi) is 4.46. The molecule has 0 saturated carbocycles. The highest BCUT2D eigenvalue weighted by molar-refractivity contribution is 6.33. The SMILES string of the molecule is CCC1CCCN(C(=O)c2cc(Cl)nc(Cl)c2)C1. The fourth-order valence-corrected chi connectivity index (χ4v) is 2.81. The van der Waals surface area contributed by atoms with Crippen LogP contribution in [0.1, 0.15) is 36.5 Å². The molecular weight excluding hydrogens is 271 g/mol. The minimum atomic E-state index is -0.000602. The summed E-state index contributed by atoms with van der Waals surface area (Å²) in [5.41, 5.74) is 0.525. The molecule has 0 aromatic carbocycles. The van der Waals surface area contributed by atoms with Crippen LogP contribution in [0.2, 0.25) is 10.3 Å². The summed E-state index contributed by atoms with van der Waals surface area (Å²) in [5, 5.41) is 0.518. The van der Waals surface area contributed by atoms with E-state index in [1.807, 2.05) is 4.90 Å². The lowest BCUT2D eigenvalue weighted by molar-refractivity contribution is 0.0671. The van der Waals surface area contributed by atoms with Crippen LogP contribution in [0.25, 0.3) is 0 Å². The van der Waals surface area contributed by atoms with Crippen molar-refractivity contribution in [1.29, 1.82) is 0 Å². The van der Waals surface area contributed by atoms with Gasteiger partial charge in [0.2, 0.25) is 0 Å². The molecule has 3 nitrogen and oxygen atoms in total. The smallest absolute Gasteiger partial charge is 0.254 e. The van der Waals surface area contributed by atoms with Crippen LogP contribution in [0.3, 0.4) is 0 Å². The summed E-state index contributed by atoms with van der Waals surface area (Å²) in [7, 11) is 0. The van der Waals surface area contributed by atoms with E-state index in [0.717, 1.165) is 25.9 Å². The minimum Gasteiger partial charge on any atom is -0.338 e. The molecule has 1 aromatic heterocycles. The number of halogens is 2. The molecule has 2 rings (SSSR count). The summed E-state index contributed by atoms with van der Waals surface area (Å²) in [5.74, 6) is 0.606. The molecule has 1 amide bonds. The fourth-order valence-electron chi connectivity index (χ4n) is 2.35. The highest BCUT2D eigenvalue weighted by atomic mass is 35.5. The number of rotatable bonds is 2. The largest absolute Gasteiger partial charge is 0.338 e. The number of pyridine rings is 1. The molecule has 2 heterocycles. The number of likely N-dealkylation sites (tertiary alicyclic amines) is 1. The second-order valence-electron chi connectivity index (χ2n) is 4.67. The van der Waals surface area contributed by atoms with E-state index < -0.39 is 0 Å². The summed E-state index contributed by atoms with van der Waals surface area (Å²) < 4.78 is 0. The van der Waals surface area contributed by atoms with E-state index >= 15 is 0 Å². The van der Waals surface area contributed by atoms with E-state index in [9.17, 15) is 4.79 Å². The molecule has 1 saturated heterocycles. The molecule has 18 heavy (non-hydrogen) atoms. The molecule has 1 aliphatic rings. The van der Waals surface area contributed by atoms with Crippen LogP contribution in [0.5, 0.6) is 0 Å². The lowest BCUT2D eigenvalue weighted by atomic mass is 9.95. The van der Waals surface area contributed by atoms with E-state index in [0.29, 0.717) is 11.5 Å². The molecule has 98 valence electrons. The van der Waals surface area contributed by atoms with Gasteiger partial charge < -0.3 is 4.90 Å². The molecule has 5 heteroatoms. The van der Waals surface area contributed by atoms with E-state index in [-0.39, 0.29) is 16.2 Å². The fraction of sp³-hybridized carbons (Fsp3) is 0.538. The highest BCUT2D eigenvalue weighted by Crippen LogP contribution is 2.22. The van der Waals surface area contributed by atoms with E-state index in [1.165, 1.54) is 6.42 Å². The Morgan fingerprint density at radius 1 is 1.44 bits per heavy atom. The quantitative estimate of drug-likeness (QED) is 0.778. The topological polar surface area (TPSA) is 33.2 Å². The van der Waals surface area contributed by atoms with Crippen molar-refractivity contribution in [3.8, 4) is 0 Å². The Labute approximate surface area is 117 Å². The Morgan fingerprint density at radius 3 is 2.72 bits per heavy atom. The second-order valence-corrected chi connectivity index (χ2v) is 5.44.